The number of hydrogen-bond acceptors (Lipinski definition) is 6. The summed E-state index contributed by atoms with van der Waals surface area (Å²) in [5, 5.41) is 11.3. The van der Waals surface area contributed by atoms with Gasteiger partial charge >= 0.3 is 0 Å². The Balaban J connectivity index is 1.29. The summed E-state index contributed by atoms with van der Waals surface area (Å²) < 4.78 is 30.5. The minimum absolute atomic E-state index is 0.0246. The van der Waals surface area contributed by atoms with Crippen molar-refractivity contribution >= 4 is 54.6 Å². The maximum Gasteiger partial charge on any atom is 0.281 e. The van der Waals surface area contributed by atoms with Gasteiger partial charge in [-0.25, -0.2) is 19.0 Å². The maximum absolute atomic E-state index is 12.6. The van der Waals surface area contributed by atoms with Gasteiger partial charge in [0.15, 0.2) is 0 Å². The molecule has 0 saturated carbocycles. The van der Waals surface area contributed by atoms with Crippen molar-refractivity contribution in [2.75, 3.05) is 0 Å². The normalized spacial score (nSPS) is 12.2. The molecule has 0 fully saturated rings. The van der Waals surface area contributed by atoms with Gasteiger partial charge in [-0.1, -0.05) is 18.2 Å². The van der Waals surface area contributed by atoms with E-state index in [4.69, 9.17) is 9.56 Å². The summed E-state index contributed by atoms with van der Waals surface area (Å²) in [6.45, 7) is 0. The number of aryl methyl sites for hydroxylation is 1. The van der Waals surface area contributed by atoms with Crippen LogP contribution in [0.5, 0.6) is 0 Å². The highest BCUT2D eigenvalue weighted by Gasteiger charge is 2.15. The Morgan fingerprint density at radius 2 is 1.85 bits per heavy atom. The molecule has 8 nitrogen and oxygen atoms in total. The van der Waals surface area contributed by atoms with Crippen LogP contribution in [0.3, 0.4) is 0 Å². The van der Waals surface area contributed by atoms with Crippen molar-refractivity contribution in [3.05, 3.63) is 77.4 Å². The number of carbonyl (C=O) groups is 1. The molecule has 0 atom stereocenters. The first kappa shape index (κ1) is 21.1. The van der Waals surface area contributed by atoms with Crippen molar-refractivity contribution in [2.45, 2.75) is 4.90 Å². The predicted molar refractivity (Wildman–Crippen MR) is 129 cm³/mol. The second-order valence-electron chi connectivity index (χ2n) is 7.38. The fraction of sp³-hybridized carbons (Fsp3) is 0.0435. The molecule has 3 N–H and O–H groups in total. The van der Waals surface area contributed by atoms with Gasteiger partial charge in [-0.05, 0) is 48.5 Å². The first-order valence-corrected chi connectivity index (χ1v) is 12.2. The second kappa shape index (κ2) is 8.00. The number of sulfonamides is 1. The number of furan rings is 1. The SMILES string of the molecule is Cn1c2ccccc2c2cc(C(=O)N/N=C\c3ccc(-c4ccc(S(N)(=O)=O)cc4)o3)sc21. The van der Waals surface area contributed by atoms with E-state index in [1.54, 1.807) is 24.3 Å². The lowest BCUT2D eigenvalue weighted by atomic mass is 10.2. The van der Waals surface area contributed by atoms with Crippen LogP contribution in [0.25, 0.3) is 32.4 Å². The smallest absolute Gasteiger partial charge is 0.281 e. The number of para-hydroxylation sites is 1. The summed E-state index contributed by atoms with van der Waals surface area (Å²) >= 11 is 1.41. The number of carbonyl (C=O) groups excluding carboxylic acids is 1. The number of amides is 1. The standard InChI is InChI=1S/C23H18N4O4S2/c1-27-19-5-3-2-4-17(19)18-12-21(32-23(18)27)22(28)26-25-13-15-8-11-20(31-15)14-6-9-16(10-7-14)33(24,29)30/h2-13H,1H3,(H,26,28)(H2,24,29,30)/b25-13-. The van der Waals surface area contributed by atoms with E-state index in [1.807, 2.05) is 31.3 Å². The molecule has 0 bridgehead atoms. The summed E-state index contributed by atoms with van der Waals surface area (Å²) in [4.78, 5) is 14.2. The molecule has 3 heterocycles. The Morgan fingerprint density at radius 1 is 1.09 bits per heavy atom. The lowest BCUT2D eigenvalue weighted by Crippen LogP contribution is -2.16. The van der Waals surface area contributed by atoms with Gasteiger partial charge in [-0.15, -0.1) is 11.3 Å². The third kappa shape index (κ3) is 3.95. The number of hydrogen-bond donors (Lipinski definition) is 2. The summed E-state index contributed by atoms with van der Waals surface area (Å²) in [5.74, 6) is 0.658. The molecule has 166 valence electrons. The molecule has 0 aliphatic heterocycles. The molecule has 33 heavy (non-hydrogen) atoms. The molecule has 3 aromatic heterocycles. The Kier molecular flexibility index (Phi) is 5.12. The van der Waals surface area contributed by atoms with E-state index in [0.29, 0.717) is 22.0 Å². The highest BCUT2D eigenvalue weighted by Crippen LogP contribution is 2.34. The summed E-state index contributed by atoms with van der Waals surface area (Å²) in [5.41, 5.74) is 4.34. The van der Waals surface area contributed by atoms with E-state index in [-0.39, 0.29) is 10.8 Å². The van der Waals surface area contributed by atoms with Crippen molar-refractivity contribution in [2.24, 2.45) is 17.3 Å². The van der Waals surface area contributed by atoms with E-state index < -0.39 is 10.0 Å². The van der Waals surface area contributed by atoms with Crippen LogP contribution < -0.4 is 10.6 Å². The molecule has 1 amide bonds. The zero-order valence-electron chi connectivity index (χ0n) is 17.3. The fourth-order valence-electron chi connectivity index (χ4n) is 3.63. The van der Waals surface area contributed by atoms with Crippen LogP contribution >= 0.6 is 11.3 Å². The third-order valence-electron chi connectivity index (χ3n) is 5.25. The second-order valence-corrected chi connectivity index (χ2v) is 9.97. The predicted octanol–water partition coefficient (Wildman–Crippen LogP) is 4.06. The minimum atomic E-state index is -3.75. The fourth-order valence-corrected chi connectivity index (χ4v) is 5.19. The third-order valence-corrected chi connectivity index (χ3v) is 7.39. The Morgan fingerprint density at radius 3 is 2.61 bits per heavy atom. The molecule has 0 saturated heterocycles. The average molecular weight is 479 g/mol. The van der Waals surface area contributed by atoms with Gasteiger partial charge in [0.1, 0.15) is 16.4 Å². The summed E-state index contributed by atoms with van der Waals surface area (Å²) in [6, 6.07) is 19.4. The number of primary sulfonamides is 1. The highest BCUT2D eigenvalue weighted by molar-refractivity contribution is 7.89. The number of rotatable bonds is 5. The number of hydrazone groups is 1. The first-order chi connectivity index (χ1) is 15.8. The summed E-state index contributed by atoms with van der Waals surface area (Å²) in [6.07, 6.45) is 1.41. The number of thiophene rings is 1. The van der Waals surface area contributed by atoms with Crippen LogP contribution in [-0.4, -0.2) is 25.1 Å². The van der Waals surface area contributed by atoms with Gasteiger partial charge in [0.25, 0.3) is 5.91 Å². The van der Waals surface area contributed by atoms with Gasteiger partial charge < -0.3 is 8.98 Å². The largest absolute Gasteiger partial charge is 0.455 e. The Bertz CT molecular complexity index is 1640. The number of nitrogens with two attached hydrogens (primary N) is 1. The number of benzene rings is 2. The van der Waals surface area contributed by atoms with E-state index in [1.165, 1.54) is 29.7 Å². The average Bonchev–Trinajstić information content (AvgIpc) is 3.50. The van der Waals surface area contributed by atoms with Crippen LogP contribution in [0, 0.1) is 0 Å². The zero-order chi connectivity index (χ0) is 23.2. The maximum atomic E-state index is 12.6. The van der Waals surface area contributed by atoms with Crippen LogP contribution in [0.2, 0.25) is 0 Å². The molecule has 5 rings (SSSR count). The van der Waals surface area contributed by atoms with E-state index >= 15 is 0 Å². The van der Waals surface area contributed by atoms with Crippen molar-refractivity contribution in [1.82, 2.24) is 9.99 Å². The lowest BCUT2D eigenvalue weighted by Gasteiger charge is -2.00. The Labute approximate surface area is 193 Å². The molecule has 0 aliphatic carbocycles. The van der Waals surface area contributed by atoms with E-state index in [9.17, 15) is 13.2 Å². The molecule has 0 spiro atoms. The molecule has 5 aromatic rings. The van der Waals surface area contributed by atoms with Crippen molar-refractivity contribution in [3.8, 4) is 11.3 Å². The molecule has 0 unspecified atom stereocenters. The number of nitrogens with one attached hydrogen (secondary N) is 1. The Hall–Kier alpha value is -3.73. The molecule has 2 aromatic carbocycles. The van der Waals surface area contributed by atoms with E-state index in [0.717, 1.165) is 21.1 Å². The number of fused-ring (bicyclic) bond motifs is 3. The summed E-state index contributed by atoms with van der Waals surface area (Å²) in [7, 11) is -1.77. The molecule has 0 radical (unpaired) electrons. The lowest BCUT2D eigenvalue weighted by molar-refractivity contribution is 0.0959. The van der Waals surface area contributed by atoms with E-state index in [2.05, 4.69) is 21.2 Å². The van der Waals surface area contributed by atoms with Crippen LogP contribution in [0.15, 0.2) is 81.1 Å². The van der Waals surface area contributed by atoms with Gasteiger partial charge in [0.2, 0.25) is 10.0 Å². The number of aromatic nitrogens is 1. The monoisotopic (exact) mass is 478 g/mol. The van der Waals surface area contributed by atoms with Crippen LogP contribution in [-0.2, 0) is 17.1 Å². The van der Waals surface area contributed by atoms with Gasteiger partial charge in [0, 0.05) is 28.9 Å². The molecule has 0 aliphatic rings. The number of nitrogens with zero attached hydrogens (tertiary/aromatic N) is 2. The van der Waals surface area contributed by atoms with Gasteiger partial charge in [-0.2, -0.15) is 5.10 Å². The van der Waals surface area contributed by atoms with Crippen molar-refractivity contribution in [3.63, 3.8) is 0 Å². The molecule has 10 heteroatoms. The highest BCUT2D eigenvalue weighted by atomic mass is 32.2. The van der Waals surface area contributed by atoms with Gasteiger partial charge in [0.05, 0.1) is 16.0 Å². The molecular weight excluding hydrogens is 460 g/mol. The first-order valence-electron chi connectivity index (χ1n) is 9.85. The quantitative estimate of drug-likeness (QED) is 0.292. The topological polar surface area (TPSA) is 120 Å². The molecular formula is C23H18N4O4S2. The van der Waals surface area contributed by atoms with Crippen LogP contribution in [0.4, 0.5) is 0 Å². The minimum Gasteiger partial charge on any atom is -0.455 e. The van der Waals surface area contributed by atoms with Crippen molar-refractivity contribution < 1.29 is 17.6 Å². The van der Waals surface area contributed by atoms with Crippen molar-refractivity contribution in [1.29, 1.82) is 0 Å². The zero-order valence-corrected chi connectivity index (χ0v) is 19.0. The van der Waals surface area contributed by atoms with Crippen LogP contribution in [0.1, 0.15) is 15.4 Å². The van der Waals surface area contributed by atoms with Gasteiger partial charge in [-0.3, -0.25) is 4.79 Å².